The maximum atomic E-state index is 6.20. The van der Waals surface area contributed by atoms with Crippen molar-refractivity contribution in [1.29, 1.82) is 0 Å². The van der Waals surface area contributed by atoms with E-state index >= 15 is 0 Å². The highest BCUT2D eigenvalue weighted by Gasteiger charge is 2.28. The lowest BCUT2D eigenvalue weighted by molar-refractivity contribution is 0.534. The zero-order valence-corrected chi connectivity index (χ0v) is 13.6. The molecule has 1 unspecified atom stereocenters. The van der Waals surface area contributed by atoms with Crippen molar-refractivity contribution in [2.45, 2.75) is 18.9 Å². The van der Waals surface area contributed by atoms with Crippen molar-refractivity contribution in [3.05, 3.63) is 72.1 Å². The highest BCUT2D eigenvalue weighted by Crippen LogP contribution is 2.38. The number of hydrogen-bond acceptors (Lipinski definition) is 4. The van der Waals surface area contributed by atoms with Gasteiger partial charge >= 0.3 is 0 Å². The number of benzene rings is 2. The van der Waals surface area contributed by atoms with Crippen LogP contribution in [-0.2, 0) is 6.42 Å². The normalized spacial score (nSPS) is 16.2. The molecule has 2 aromatic heterocycles. The number of nitrogens with zero attached hydrogens (tertiary/aromatic N) is 4. The molecular formula is C20H17N5. The Morgan fingerprint density at radius 1 is 0.960 bits per heavy atom. The van der Waals surface area contributed by atoms with Gasteiger partial charge in [-0.3, -0.25) is 0 Å². The number of rotatable bonds is 2. The van der Waals surface area contributed by atoms with Crippen LogP contribution in [0.3, 0.4) is 0 Å². The Hall–Kier alpha value is -3.21. The van der Waals surface area contributed by atoms with Gasteiger partial charge in [0.2, 0.25) is 0 Å². The summed E-state index contributed by atoms with van der Waals surface area (Å²) in [7, 11) is 0. The number of aryl methyl sites for hydroxylation is 1. The van der Waals surface area contributed by atoms with Crippen LogP contribution in [0.2, 0.25) is 0 Å². The summed E-state index contributed by atoms with van der Waals surface area (Å²) in [6.45, 7) is 0. The largest absolute Gasteiger partial charge is 0.383 e. The Labute approximate surface area is 145 Å². The fourth-order valence-corrected chi connectivity index (χ4v) is 3.80. The van der Waals surface area contributed by atoms with E-state index in [9.17, 15) is 0 Å². The SMILES string of the molecule is Nc1ncnc2c1c(-c1ccccc1)nn2C1CCc2ccccc21. The Balaban J connectivity index is 1.77. The molecule has 0 saturated carbocycles. The third kappa shape index (κ3) is 2.12. The zero-order chi connectivity index (χ0) is 16.8. The molecule has 2 heterocycles. The minimum atomic E-state index is 0.186. The van der Waals surface area contributed by atoms with Gasteiger partial charge in [-0.05, 0) is 24.0 Å². The van der Waals surface area contributed by atoms with Gasteiger partial charge in [0.15, 0.2) is 5.65 Å². The van der Waals surface area contributed by atoms with Crippen LogP contribution in [0.15, 0.2) is 60.9 Å². The first-order valence-electron chi connectivity index (χ1n) is 8.45. The Morgan fingerprint density at radius 3 is 2.64 bits per heavy atom. The van der Waals surface area contributed by atoms with Gasteiger partial charge in [-0.2, -0.15) is 5.10 Å². The van der Waals surface area contributed by atoms with Crippen molar-refractivity contribution in [2.75, 3.05) is 5.73 Å². The van der Waals surface area contributed by atoms with Crippen molar-refractivity contribution in [2.24, 2.45) is 0 Å². The third-order valence-corrected chi connectivity index (χ3v) is 4.96. The average molecular weight is 327 g/mol. The first kappa shape index (κ1) is 14.2. The quantitative estimate of drug-likeness (QED) is 0.610. The van der Waals surface area contributed by atoms with E-state index in [4.69, 9.17) is 10.8 Å². The fourth-order valence-electron chi connectivity index (χ4n) is 3.80. The molecule has 25 heavy (non-hydrogen) atoms. The molecule has 0 radical (unpaired) electrons. The predicted octanol–water partition coefficient (Wildman–Crippen LogP) is 3.61. The maximum Gasteiger partial charge on any atom is 0.164 e. The van der Waals surface area contributed by atoms with Crippen molar-refractivity contribution in [1.82, 2.24) is 19.7 Å². The van der Waals surface area contributed by atoms with Crippen molar-refractivity contribution in [3.63, 3.8) is 0 Å². The van der Waals surface area contributed by atoms with E-state index in [1.54, 1.807) is 0 Å². The number of anilines is 1. The lowest BCUT2D eigenvalue weighted by Crippen LogP contribution is -2.10. The Kier molecular flexibility index (Phi) is 3.06. The van der Waals surface area contributed by atoms with Crippen LogP contribution in [0.4, 0.5) is 5.82 Å². The number of nitrogens with two attached hydrogens (primary N) is 1. The third-order valence-electron chi connectivity index (χ3n) is 4.96. The van der Waals surface area contributed by atoms with Crippen LogP contribution in [-0.4, -0.2) is 19.7 Å². The second-order valence-electron chi connectivity index (χ2n) is 6.37. The van der Waals surface area contributed by atoms with Gasteiger partial charge in [0.25, 0.3) is 0 Å². The lowest BCUT2D eigenvalue weighted by Gasteiger charge is -2.13. The molecule has 5 heteroatoms. The molecule has 1 atom stereocenters. The van der Waals surface area contributed by atoms with Crippen molar-refractivity contribution >= 4 is 16.9 Å². The summed E-state index contributed by atoms with van der Waals surface area (Å²) in [4.78, 5) is 8.71. The van der Waals surface area contributed by atoms with Gasteiger partial charge < -0.3 is 5.73 Å². The van der Waals surface area contributed by atoms with Crippen LogP contribution < -0.4 is 5.73 Å². The topological polar surface area (TPSA) is 69.6 Å². The second kappa shape index (κ2) is 5.41. The molecular weight excluding hydrogens is 310 g/mol. The van der Waals surface area contributed by atoms with Crippen LogP contribution in [0, 0.1) is 0 Å². The molecule has 4 aromatic rings. The monoisotopic (exact) mass is 327 g/mol. The van der Waals surface area contributed by atoms with Crippen LogP contribution >= 0.6 is 0 Å². The summed E-state index contributed by atoms with van der Waals surface area (Å²) in [5.41, 5.74) is 11.6. The van der Waals surface area contributed by atoms with Crippen LogP contribution in [0.1, 0.15) is 23.6 Å². The molecule has 0 saturated heterocycles. The molecule has 1 aliphatic carbocycles. The molecule has 122 valence electrons. The minimum absolute atomic E-state index is 0.186. The van der Waals surface area contributed by atoms with Crippen LogP contribution in [0.25, 0.3) is 22.3 Å². The predicted molar refractivity (Wildman–Crippen MR) is 98.1 cm³/mol. The number of fused-ring (bicyclic) bond motifs is 2. The van der Waals surface area contributed by atoms with E-state index < -0.39 is 0 Å². The fraction of sp³-hybridized carbons (Fsp3) is 0.150. The molecule has 5 rings (SSSR count). The Bertz CT molecular complexity index is 1070. The molecule has 2 aromatic carbocycles. The second-order valence-corrected chi connectivity index (χ2v) is 6.37. The average Bonchev–Trinajstić information content (AvgIpc) is 3.24. The molecule has 1 aliphatic rings. The molecule has 0 spiro atoms. The van der Waals surface area contributed by atoms with Crippen molar-refractivity contribution in [3.8, 4) is 11.3 Å². The molecule has 2 N–H and O–H groups in total. The minimum Gasteiger partial charge on any atom is -0.383 e. The van der Waals surface area contributed by atoms with E-state index in [2.05, 4.69) is 34.2 Å². The highest BCUT2D eigenvalue weighted by molar-refractivity contribution is 5.98. The van der Waals surface area contributed by atoms with E-state index in [-0.39, 0.29) is 6.04 Å². The van der Waals surface area contributed by atoms with Gasteiger partial charge in [0.1, 0.15) is 17.8 Å². The van der Waals surface area contributed by atoms with Gasteiger partial charge in [0, 0.05) is 5.56 Å². The number of nitrogen functional groups attached to an aromatic ring is 1. The maximum absolute atomic E-state index is 6.20. The number of aromatic nitrogens is 4. The van der Waals surface area contributed by atoms with Gasteiger partial charge in [-0.25, -0.2) is 14.6 Å². The summed E-state index contributed by atoms with van der Waals surface area (Å²) in [6, 6.07) is 18.8. The summed E-state index contributed by atoms with van der Waals surface area (Å²) >= 11 is 0. The van der Waals surface area contributed by atoms with Gasteiger partial charge in [0.05, 0.1) is 11.4 Å². The first-order chi connectivity index (χ1) is 12.3. The zero-order valence-electron chi connectivity index (χ0n) is 13.6. The molecule has 0 amide bonds. The van der Waals surface area contributed by atoms with Gasteiger partial charge in [-0.1, -0.05) is 54.6 Å². The smallest absolute Gasteiger partial charge is 0.164 e. The summed E-state index contributed by atoms with van der Waals surface area (Å²) in [5, 5.41) is 5.77. The number of hydrogen-bond donors (Lipinski definition) is 1. The van der Waals surface area contributed by atoms with Crippen molar-refractivity contribution < 1.29 is 0 Å². The van der Waals surface area contributed by atoms with Gasteiger partial charge in [-0.15, -0.1) is 0 Å². The van der Waals surface area contributed by atoms with E-state index in [1.807, 2.05) is 35.0 Å². The first-order valence-corrected chi connectivity index (χ1v) is 8.45. The molecule has 5 nitrogen and oxygen atoms in total. The van der Waals surface area contributed by atoms with E-state index in [0.29, 0.717) is 5.82 Å². The lowest BCUT2D eigenvalue weighted by atomic mass is 10.1. The highest BCUT2D eigenvalue weighted by atomic mass is 15.3. The molecule has 0 bridgehead atoms. The Morgan fingerprint density at radius 2 is 1.76 bits per heavy atom. The molecule has 0 aliphatic heterocycles. The van der Waals surface area contributed by atoms with E-state index in [1.165, 1.54) is 17.5 Å². The standard InChI is InChI=1S/C20H17N5/c21-19-17-18(14-7-2-1-3-8-14)24-25(20(17)23-12-22-19)16-11-10-13-6-4-5-9-15(13)16/h1-9,12,16H,10-11H2,(H2,21,22,23). The van der Waals surface area contributed by atoms with Crippen LogP contribution in [0.5, 0.6) is 0 Å². The van der Waals surface area contributed by atoms with E-state index in [0.717, 1.165) is 35.1 Å². The summed E-state index contributed by atoms with van der Waals surface area (Å²) in [6.07, 6.45) is 3.60. The summed E-state index contributed by atoms with van der Waals surface area (Å²) < 4.78 is 2.03. The summed E-state index contributed by atoms with van der Waals surface area (Å²) in [5.74, 6) is 0.474. The molecule has 0 fully saturated rings.